The van der Waals surface area contributed by atoms with Gasteiger partial charge in [-0.1, -0.05) is 6.92 Å². The quantitative estimate of drug-likeness (QED) is 0.521. The van der Waals surface area contributed by atoms with E-state index >= 15 is 0 Å². The maximum atomic E-state index is 11.6. The number of H-pyrrole nitrogens is 4. The van der Waals surface area contributed by atoms with E-state index in [2.05, 4.69) is 19.9 Å². The van der Waals surface area contributed by atoms with Crippen LogP contribution in [0.1, 0.15) is 24.0 Å². The average Bonchev–Trinajstić information content (AvgIpc) is 2.28. The lowest BCUT2D eigenvalue weighted by Gasteiger charge is -2.08. The molecule has 18 heavy (non-hydrogen) atoms. The van der Waals surface area contributed by atoms with Gasteiger partial charge in [0.1, 0.15) is 0 Å². The van der Waals surface area contributed by atoms with Gasteiger partial charge in [0, 0.05) is 29.4 Å². The molecule has 0 spiro atoms. The smallest absolute Gasteiger partial charge is 0.314 e. The van der Waals surface area contributed by atoms with Gasteiger partial charge < -0.3 is 9.97 Å². The zero-order valence-corrected chi connectivity index (χ0v) is 9.37. The number of aromatic nitrogens is 4. The Balaban J connectivity index is 2.58. The highest BCUT2D eigenvalue weighted by Crippen LogP contribution is 2.15. The minimum atomic E-state index is -0.619. The van der Waals surface area contributed by atoms with Gasteiger partial charge in [0.25, 0.3) is 11.1 Å². The fourth-order valence-electron chi connectivity index (χ4n) is 1.65. The number of rotatable bonds is 2. The van der Waals surface area contributed by atoms with Crippen LogP contribution in [0, 0.1) is 0 Å². The fourth-order valence-corrected chi connectivity index (χ4v) is 1.65. The monoisotopic (exact) mass is 250 g/mol. The molecule has 0 aliphatic heterocycles. The zero-order chi connectivity index (χ0) is 13.3. The van der Waals surface area contributed by atoms with Gasteiger partial charge in [-0.25, -0.2) is 9.59 Å². The summed E-state index contributed by atoms with van der Waals surface area (Å²) in [5, 5.41) is 0. The Morgan fingerprint density at radius 3 is 1.56 bits per heavy atom. The molecule has 0 radical (unpaired) electrons. The molecule has 0 bridgehead atoms. The second-order valence-electron chi connectivity index (χ2n) is 3.78. The van der Waals surface area contributed by atoms with Gasteiger partial charge >= 0.3 is 11.4 Å². The fraction of sp³-hybridized carbons (Fsp3) is 0.200. The van der Waals surface area contributed by atoms with Gasteiger partial charge in [0.05, 0.1) is 0 Å². The summed E-state index contributed by atoms with van der Waals surface area (Å²) < 4.78 is 0. The summed E-state index contributed by atoms with van der Waals surface area (Å²) in [7, 11) is 0. The second-order valence-corrected chi connectivity index (χ2v) is 3.78. The normalized spacial score (nSPS) is 10.8. The topological polar surface area (TPSA) is 131 Å². The molecule has 94 valence electrons. The Kier molecular flexibility index (Phi) is 2.84. The third kappa shape index (κ3) is 2.08. The molecule has 0 saturated heterocycles. The summed E-state index contributed by atoms with van der Waals surface area (Å²) in [5.74, 6) is -0.564. The molecule has 0 fully saturated rings. The van der Waals surface area contributed by atoms with Crippen molar-refractivity contribution in [1.82, 2.24) is 19.9 Å². The first-order valence-corrected chi connectivity index (χ1v) is 5.13. The van der Waals surface area contributed by atoms with Crippen LogP contribution >= 0.6 is 0 Å². The van der Waals surface area contributed by atoms with Crippen LogP contribution in [0.5, 0.6) is 0 Å². The van der Waals surface area contributed by atoms with Crippen molar-refractivity contribution in [3.05, 3.63) is 65.2 Å². The summed E-state index contributed by atoms with van der Waals surface area (Å²) in [6, 6.07) is 0. The molecule has 2 rings (SSSR count). The molecule has 2 aromatic rings. The molecule has 0 aliphatic rings. The molecule has 8 nitrogen and oxygen atoms in total. The van der Waals surface area contributed by atoms with E-state index in [4.69, 9.17) is 0 Å². The first kappa shape index (κ1) is 11.8. The van der Waals surface area contributed by atoms with Crippen molar-refractivity contribution in [2.24, 2.45) is 0 Å². The van der Waals surface area contributed by atoms with Crippen molar-refractivity contribution in [3.8, 4) is 0 Å². The molecule has 0 aliphatic carbocycles. The summed E-state index contributed by atoms with van der Waals surface area (Å²) in [4.78, 5) is 53.7. The van der Waals surface area contributed by atoms with Crippen LogP contribution in [0.2, 0.25) is 0 Å². The van der Waals surface area contributed by atoms with Gasteiger partial charge in [-0.05, 0) is 0 Å². The highest BCUT2D eigenvalue weighted by molar-refractivity contribution is 5.24. The first-order chi connectivity index (χ1) is 8.49. The summed E-state index contributed by atoms with van der Waals surface area (Å²) in [6.45, 7) is 1.62. The largest absolute Gasteiger partial charge is 0.325 e. The van der Waals surface area contributed by atoms with Crippen LogP contribution in [0.15, 0.2) is 31.6 Å². The number of aromatic amines is 4. The van der Waals surface area contributed by atoms with Crippen LogP contribution in [-0.4, -0.2) is 19.9 Å². The molecule has 0 unspecified atom stereocenters. The van der Waals surface area contributed by atoms with E-state index in [1.165, 1.54) is 12.4 Å². The molecule has 4 N–H and O–H groups in total. The second kappa shape index (κ2) is 4.32. The molecular weight excluding hydrogens is 240 g/mol. The van der Waals surface area contributed by atoms with E-state index in [0.717, 1.165) is 0 Å². The lowest BCUT2D eigenvalue weighted by molar-refractivity contribution is 0.826. The minimum Gasteiger partial charge on any atom is -0.314 e. The van der Waals surface area contributed by atoms with E-state index in [9.17, 15) is 19.2 Å². The number of nitrogens with one attached hydrogen (secondary N) is 4. The summed E-state index contributed by atoms with van der Waals surface area (Å²) in [6.07, 6.45) is 2.49. The van der Waals surface area contributed by atoms with Gasteiger partial charge in [0.2, 0.25) is 0 Å². The third-order valence-electron chi connectivity index (χ3n) is 2.63. The van der Waals surface area contributed by atoms with Crippen LogP contribution in [0.4, 0.5) is 0 Å². The summed E-state index contributed by atoms with van der Waals surface area (Å²) >= 11 is 0. The van der Waals surface area contributed by atoms with Crippen molar-refractivity contribution in [1.29, 1.82) is 0 Å². The van der Waals surface area contributed by atoms with Crippen molar-refractivity contribution < 1.29 is 0 Å². The van der Waals surface area contributed by atoms with E-state index in [-0.39, 0.29) is 11.1 Å². The first-order valence-electron chi connectivity index (χ1n) is 5.13. The van der Waals surface area contributed by atoms with Crippen LogP contribution in [-0.2, 0) is 0 Å². The van der Waals surface area contributed by atoms with Gasteiger partial charge in [-0.3, -0.25) is 19.6 Å². The molecule has 0 amide bonds. The highest BCUT2D eigenvalue weighted by atomic mass is 16.2. The molecule has 0 atom stereocenters. The standard InChI is InChI=1S/C10H10N4O4/c1-4(5-2-11-9(17)13-7(5)15)6-3-12-10(18)14-8(6)16/h2-4H,1H3,(H2,11,13,15,17)(H2,12,14,16,18). The van der Waals surface area contributed by atoms with E-state index < -0.39 is 28.4 Å². The molecule has 0 aromatic carbocycles. The van der Waals surface area contributed by atoms with Gasteiger partial charge in [-0.15, -0.1) is 0 Å². The van der Waals surface area contributed by atoms with Crippen LogP contribution in [0.25, 0.3) is 0 Å². The number of hydrogen-bond acceptors (Lipinski definition) is 4. The Bertz CT molecular complexity index is 727. The van der Waals surface area contributed by atoms with E-state index in [1.807, 2.05) is 0 Å². The zero-order valence-electron chi connectivity index (χ0n) is 9.37. The predicted octanol–water partition coefficient (Wildman–Crippen LogP) is -1.41. The Morgan fingerprint density at radius 2 is 1.22 bits per heavy atom. The predicted molar refractivity (Wildman–Crippen MR) is 62.9 cm³/mol. The molecule has 8 heteroatoms. The van der Waals surface area contributed by atoms with E-state index in [1.54, 1.807) is 6.92 Å². The van der Waals surface area contributed by atoms with Gasteiger partial charge in [0.15, 0.2) is 0 Å². The van der Waals surface area contributed by atoms with Crippen LogP contribution < -0.4 is 22.5 Å². The van der Waals surface area contributed by atoms with E-state index in [0.29, 0.717) is 0 Å². The molecule has 2 heterocycles. The Labute approximate surface area is 98.7 Å². The maximum Gasteiger partial charge on any atom is 0.325 e. The van der Waals surface area contributed by atoms with Crippen molar-refractivity contribution in [3.63, 3.8) is 0 Å². The van der Waals surface area contributed by atoms with Crippen molar-refractivity contribution >= 4 is 0 Å². The molecule has 0 saturated carbocycles. The molecule has 2 aromatic heterocycles. The van der Waals surface area contributed by atoms with Crippen LogP contribution in [0.3, 0.4) is 0 Å². The minimum absolute atomic E-state index is 0.229. The van der Waals surface area contributed by atoms with Crippen molar-refractivity contribution in [2.75, 3.05) is 0 Å². The Morgan fingerprint density at radius 1 is 0.833 bits per heavy atom. The average molecular weight is 250 g/mol. The van der Waals surface area contributed by atoms with Crippen molar-refractivity contribution in [2.45, 2.75) is 12.8 Å². The maximum absolute atomic E-state index is 11.6. The van der Waals surface area contributed by atoms with Gasteiger partial charge in [-0.2, -0.15) is 0 Å². The lowest BCUT2D eigenvalue weighted by Crippen LogP contribution is -2.30. The lowest BCUT2D eigenvalue weighted by atomic mass is 9.98. The Hall–Kier alpha value is -2.64. The number of hydrogen-bond donors (Lipinski definition) is 4. The molecular formula is C10H10N4O4. The summed E-state index contributed by atoms with van der Waals surface area (Å²) in [5.41, 5.74) is -1.93. The third-order valence-corrected chi connectivity index (χ3v) is 2.63. The SMILES string of the molecule is CC(c1c[nH]c(=O)[nH]c1=O)c1c[nH]c(=O)[nH]c1=O. The highest BCUT2D eigenvalue weighted by Gasteiger charge is 2.16.